The number of benzene rings is 3. The third-order valence-corrected chi connectivity index (χ3v) is 11.8. The van der Waals surface area contributed by atoms with E-state index < -0.39 is 92.6 Å². The van der Waals surface area contributed by atoms with Crippen LogP contribution in [0, 0.1) is 11.8 Å². The Morgan fingerprint density at radius 2 is 1.15 bits per heavy atom. The van der Waals surface area contributed by atoms with Gasteiger partial charge in [0.05, 0.1) is 59.6 Å². The Bertz CT molecular complexity index is 1990. The molecule has 14 atom stereocenters. The summed E-state index contributed by atoms with van der Waals surface area (Å²) in [4.78, 5) is 13.1. The molecule has 4 heterocycles. The fraction of sp³-hybridized carbons (Fsp3) is 0.548. The first-order valence-electron chi connectivity index (χ1n) is 19.8. The smallest absolute Gasteiger partial charge is 0.309 e. The van der Waals surface area contributed by atoms with E-state index in [4.69, 9.17) is 42.6 Å². The van der Waals surface area contributed by atoms with Gasteiger partial charge in [0.1, 0.15) is 54.9 Å². The van der Waals surface area contributed by atoms with Crippen LogP contribution in [0.15, 0.2) is 48.5 Å². The molecule has 3 fully saturated rings. The highest BCUT2D eigenvalue weighted by Gasteiger charge is 2.47. The molecule has 0 amide bonds. The van der Waals surface area contributed by atoms with Crippen molar-refractivity contribution in [2.75, 3.05) is 47.8 Å². The number of carbonyl (C=O) groups is 1. The van der Waals surface area contributed by atoms with E-state index in [0.717, 1.165) is 11.1 Å². The maximum Gasteiger partial charge on any atom is 0.309 e. The lowest BCUT2D eigenvalue weighted by molar-refractivity contribution is -0.277. The van der Waals surface area contributed by atoms with E-state index in [-0.39, 0.29) is 54.5 Å². The average Bonchev–Trinajstić information content (AvgIpc) is 3.82. The van der Waals surface area contributed by atoms with Crippen LogP contribution in [-0.4, -0.2) is 161 Å². The molecule has 334 valence electrons. The summed E-state index contributed by atoms with van der Waals surface area (Å²) in [5.41, 5.74) is 2.82. The van der Waals surface area contributed by atoms with Crippen molar-refractivity contribution in [3.63, 3.8) is 0 Å². The van der Waals surface area contributed by atoms with Crippen molar-refractivity contribution < 1.29 is 93.4 Å². The molecule has 0 aliphatic carbocycles. The van der Waals surface area contributed by atoms with E-state index in [2.05, 4.69) is 0 Å². The number of methoxy groups -OCH3 is 3. The van der Waals surface area contributed by atoms with E-state index in [0.29, 0.717) is 29.0 Å². The van der Waals surface area contributed by atoms with Gasteiger partial charge < -0.3 is 88.6 Å². The van der Waals surface area contributed by atoms with Crippen molar-refractivity contribution in [3.05, 3.63) is 70.8 Å². The normalized spacial score (nSPS) is 33.3. The highest BCUT2D eigenvalue weighted by Crippen LogP contribution is 2.52. The van der Waals surface area contributed by atoms with Crippen molar-refractivity contribution in [3.8, 4) is 34.5 Å². The zero-order valence-electron chi connectivity index (χ0n) is 33.6. The van der Waals surface area contributed by atoms with Gasteiger partial charge in [-0.05, 0) is 59.9 Å². The molecule has 0 saturated carbocycles. The zero-order valence-corrected chi connectivity index (χ0v) is 33.6. The number of esters is 1. The number of cyclic esters (lactones) is 1. The Balaban J connectivity index is 1.06. The van der Waals surface area contributed by atoms with Crippen molar-refractivity contribution >= 4 is 5.97 Å². The fourth-order valence-corrected chi connectivity index (χ4v) is 8.31. The van der Waals surface area contributed by atoms with Crippen LogP contribution in [0.5, 0.6) is 34.5 Å². The van der Waals surface area contributed by atoms with Crippen LogP contribution in [0.3, 0.4) is 0 Å². The van der Waals surface area contributed by atoms with Gasteiger partial charge in [0.15, 0.2) is 34.5 Å². The van der Waals surface area contributed by atoms with Crippen LogP contribution in [-0.2, 0) is 31.8 Å². The number of aliphatic hydroxyl groups excluding tert-OH is 9. The maximum atomic E-state index is 13.1. The average molecular weight is 861 g/mol. The monoisotopic (exact) mass is 860 g/mol. The van der Waals surface area contributed by atoms with Crippen molar-refractivity contribution in [2.45, 2.75) is 86.3 Å². The summed E-state index contributed by atoms with van der Waals surface area (Å²) >= 11 is 0. The molecule has 4 aliphatic rings. The van der Waals surface area contributed by atoms with Gasteiger partial charge in [-0.15, -0.1) is 0 Å². The third-order valence-electron chi connectivity index (χ3n) is 11.8. The van der Waals surface area contributed by atoms with Gasteiger partial charge >= 0.3 is 5.97 Å². The van der Waals surface area contributed by atoms with Crippen LogP contribution in [0.4, 0.5) is 0 Å². The minimum atomic E-state index is -1.63. The Hall–Kier alpha value is -4.51. The summed E-state index contributed by atoms with van der Waals surface area (Å²) in [5.74, 6) is -0.127. The molecule has 3 aromatic rings. The number of rotatable bonds is 15. The first-order chi connectivity index (χ1) is 29.3. The molecular weight excluding hydrogens is 808 g/mol. The topological polar surface area (TPSA) is 282 Å². The summed E-state index contributed by atoms with van der Waals surface area (Å²) in [5, 5.41) is 91.5. The SMILES string of the molecule is COc1cc(C[C@H]2C(=O)OC[C@@H]2Cc2cc(OC)c3c(c2)[C@@H](CO)[C@H](c2ccc(O[C@@H]4O[C@H](CO)[C@@H](O)[C@H](O)[C@H]4O)c(OC)c2)O3)ccc1O[C@@H]1O[C@H](CO)[C@@H](O)[C@H](O)[C@H]1O. The van der Waals surface area contributed by atoms with Gasteiger partial charge in [-0.2, -0.15) is 0 Å². The first-order valence-corrected chi connectivity index (χ1v) is 19.8. The summed E-state index contributed by atoms with van der Waals surface area (Å²) in [6.45, 7) is -1.38. The Labute approximate surface area is 350 Å². The molecule has 61 heavy (non-hydrogen) atoms. The summed E-state index contributed by atoms with van der Waals surface area (Å²) in [6.07, 6.45) is -14.8. The summed E-state index contributed by atoms with van der Waals surface area (Å²) in [6, 6.07) is 13.6. The molecule has 19 heteroatoms. The van der Waals surface area contributed by atoms with Crippen molar-refractivity contribution in [1.82, 2.24) is 0 Å². The minimum Gasteiger partial charge on any atom is -0.493 e. The van der Waals surface area contributed by atoms with Gasteiger partial charge in [-0.3, -0.25) is 4.79 Å². The summed E-state index contributed by atoms with van der Waals surface area (Å²) < 4.78 is 51.5. The van der Waals surface area contributed by atoms with Gasteiger partial charge in [-0.25, -0.2) is 0 Å². The fourth-order valence-electron chi connectivity index (χ4n) is 8.31. The number of hydrogen-bond acceptors (Lipinski definition) is 19. The number of fused-ring (bicyclic) bond motifs is 1. The van der Waals surface area contributed by atoms with Gasteiger partial charge in [0.2, 0.25) is 12.6 Å². The molecule has 0 spiro atoms. The van der Waals surface area contributed by atoms with Crippen LogP contribution in [0.1, 0.15) is 34.3 Å². The number of hydrogen-bond donors (Lipinski definition) is 9. The second kappa shape index (κ2) is 18.9. The lowest BCUT2D eigenvalue weighted by Crippen LogP contribution is -2.60. The van der Waals surface area contributed by atoms with E-state index >= 15 is 0 Å². The van der Waals surface area contributed by atoms with E-state index in [1.54, 1.807) is 36.4 Å². The predicted octanol–water partition coefficient (Wildman–Crippen LogP) is -1.15. The third kappa shape index (κ3) is 8.78. The minimum absolute atomic E-state index is 0.130. The molecule has 4 aliphatic heterocycles. The van der Waals surface area contributed by atoms with Crippen molar-refractivity contribution in [1.29, 1.82) is 0 Å². The Kier molecular flexibility index (Phi) is 13.8. The molecule has 0 aromatic heterocycles. The number of ether oxygens (including phenoxy) is 9. The first kappa shape index (κ1) is 44.5. The highest BCUT2D eigenvalue weighted by molar-refractivity contribution is 5.75. The van der Waals surface area contributed by atoms with Gasteiger partial charge in [0.25, 0.3) is 0 Å². The molecule has 19 nitrogen and oxygen atoms in total. The molecule has 0 radical (unpaired) electrons. The standard InChI is InChI=1S/C42H52O19/c1-53-27-11-18(4-6-25(27)57-41-36(50)34(48)32(46)30(15-44)59-41)9-22-21(17-56-40(22)52)8-19-10-23-24(14-43)38(61-39(23)29(12-19)55-3)20-5-7-26(28(13-20)54-2)58-42-37(51)35(49)33(47)31(16-45)60-42/h4-7,10-13,21-22,24,30-38,41-51H,8-9,14-17H2,1-3H3/t21-,22+,24+,30+,31+,32+,33+,34-,35-,36+,37+,38-,41+,42+/m0/s1. The van der Waals surface area contributed by atoms with Crippen molar-refractivity contribution in [2.24, 2.45) is 11.8 Å². The lowest BCUT2D eigenvalue weighted by atomic mass is 9.83. The van der Waals surface area contributed by atoms with E-state index in [1.807, 2.05) is 12.1 Å². The summed E-state index contributed by atoms with van der Waals surface area (Å²) in [7, 11) is 4.32. The Morgan fingerprint density at radius 3 is 1.70 bits per heavy atom. The van der Waals surface area contributed by atoms with Crippen LogP contribution >= 0.6 is 0 Å². The van der Waals surface area contributed by atoms with Gasteiger partial charge in [-0.1, -0.05) is 18.2 Å². The molecule has 7 rings (SSSR count). The second-order valence-electron chi connectivity index (χ2n) is 15.5. The van der Waals surface area contributed by atoms with Crippen LogP contribution in [0.2, 0.25) is 0 Å². The van der Waals surface area contributed by atoms with Crippen LogP contribution in [0.25, 0.3) is 0 Å². The highest BCUT2D eigenvalue weighted by atomic mass is 16.7. The second-order valence-corrected chi connectivity index (χ2v) is 15.5. The molecular formula is C42H52O19. The number of carbonyl (C=O) groups excluding carboxylic acids is 1. The molecule has 3 saturated heterocycles. The van der Waals surface area contributed by atoms with E-state index in [1.165, 1.54) is 21.3 Å². The molecule has 3 aromatic carbocycles. The van der Waals surface area contributed by atoms with Crippen LogP contribution < -0.4 is 28.4 Å². The molecule has 0 bridgehead atoms. The molecule has 0 unspecified atom stereocenters. The largest absolute Gasteiger partial charge is 0.493 e. The predicted molar refractivity (Wildman–Crippen MR) is 206 cm³/mol. The maximum absolute atomic E-state index is 13.1. The molecule has 9 N–H and O–H groups in total. The Morgan fingerprint density at radius 1 is 0.590 bits per heavy atom. The number of aliphatic hydroxyl groups is 9. The lowest BCUT2D eigenvalue weighted by Gasteiger charge is -2.39. The quantitative estimate of drug-likeness (QED) is 0.0816. The van der Waals surface area contributed by atoms with E-state index in [9.17, 15) is 50.8 Å². The van der Waals surface area contributed by atoms with Gasteiger partial charge in [0, 0.05) is 11.5 Å². The zero-order chi connectivity index (χ0) is 43.7.